The first-order chi connectivity index (χ1) is 13.3. The van der Waals surface area contributed by atoms with E-state index in [1.165, 1.54) is 0 Å². The lowest BCUT2D eigenvalue weighted by Crippen LogP contribution is -2.65. The molecule has 29 heavy (non-hydrogen) atoms. The van der Waals surface area contributed by atoms with Gasteiger partial charge in [-0.15, -0.1) is 0 Å². The van der Waals surface area contributed by atoms with Crippen LogP contribution in [0.4, 0.5) is 13.2 Å². The molecule has 1 unspecified atom stereocenters. The second-order valence-corrected chi connectivity index (χ2v) is 8.58. The lowest BCUT2D eigenvalue weighted by Gasteiger charge is -2.35. The number of hydrogen-bond acceptors (Lipinski definition) is 3. The fraction of sp³-hybridized carbons (Fsp3) is 0.450. The topological polar surface area (TPSA) is 66.5 Å². The van der Waals surface area contributed by atoms with Crippen molar-refractivity contribution in [1.82, 2.24) is 10.2 Å². The third-order valence-electron chi connectivity index (χ3n) is 5.19. The van der Waals surface area contributed by atoms with E-state index in [2.05, 4.69) is 0 Å². The Labute approximate surface area is 170 Å². The zero-order chi connectivity index (χ0) is 21.8. The Hall–Kier alpha value is -2.35. The van der Waals surface area contributed by atoms with E-state index in [0.29, 0.717) is 5.56 Å². The van der Waals surface area contributed by atoms with Crippen LogP contribution in [0.5, 0.6) is 0 Å². The molecule has 0 saturated carbocycles. The molecule has 3 rings (SSSR count). The SMILES string of the molecule is CC(=O)NC1(C(F)(F)F)C(=O)N(Cc2ccccc2Cl)C2=C1C(=O)CC(C)(C)C2. The number of ketones is 1. The highest BCUT2D eigenvalue weighted by Crippen LogP contribution is 2.52. The summed E-state index contributed by atoms with van der Waals surface area (Å²) in [5.41, 5.74) is -4.28. The van der Waals surface area contributed by atoms with Gasteiger partial charge in [-0.1, -0.05) is 43.6 Å². The average Bonchev–Trinajstić information content (AvgIpc) is 2.78. The summed E-state index contributed by atoms with van der Waals surface area (Å²) in [6, 6.07) is 6.47. The quantitative estimate of drug-likeness (QED) is 0.797. The minimum absolute atomic E-state index is 0.0118. The van der Waals surface area contributed by atoms with E-state index in [9.17, 15) is 27.6 Å². The molecule has 0 radical (unpaired) electrons. The van der Waals surface area contributed by atoms with Crippen LogP contribution >= 0.6 is 11.6 Å². The van der Waals surface area contributed by atoms with Gasteiger partial charge in [-0.05, 0) is 23.5 Å². The number of hydrogen-bond donors (Lipinski definition) is 1. The van der Waals surface area contributed by atoms with E-state index in [-0.39, 0.29) is 30.1 Å². The molecule has 1 heterocycles. The molecule has 0 bridgehead atoms. The van der Waals surface area contributed by atoms with Crippen molar-refractivity contribution in [3.8, 4) is 0 Å². The first kappa shape index (κ1) is 21.4. The summed E-state index contributed by atoms with van der Waals surface area (Å²) in [6.45, 7) is 4.14. The molecular formula is C20H20ClF3N2O3. The maximum Gasteiger partial charge on any atom is 0.425 e. The molecule has 5 nitrogen and oxygen atoms in total. The number of rotatable bonds is 3. The smallest absolute Gasteiger partial charge is 0.331 e. The Morgan fingerprint density at radius 2 is 1.83 bits per heavy atom. The molecule has 1 aliphatic carbocycles. The number of amides is 2. The van der Waals surface area contributed by atoms with Gasteiger partial charge in [0.25, 0.3) is 5.91 Å². The molecule has 1 aliphatic heterocycles. The Morgan fingerprint density at radius 1 is 1.21 bits per heavy atom. The number of halogens is 4. The van der Waals surface area contributed by atoms with Crippen LogP contribution in [-0.4, -0.2) is 34.2 Å². The van der Waals surface area contributed by atoms with Crippen molar-refractivity contribution in [2.24, 2.45) is 5.41 Å². The Balaban J connectivity index is 2.23. The van der Waals surface area contributed by atoms with Crippen LogP contribution < -0.4 is 5.32 Å². The summed E-state index contributed by atoms with van der Waals surface area (Å²) < 4.78 is 42.8. The molecule has 156 valence electrons. The van der Waals surface area contributed by atoms with Gasteiger partial charge in [0.1, 0.15) is 0 Å². The molecule has 9 heteroatoms. The highest BCUT2D eigenvalue weighted by Gasteiger charge is 2.71. The van der Waals surface area contributed by atoms with Crippen LogP contribution in [0.1, 0.15) is 39.2 Å². The Kier molecular flexibility index (Phi) is 5.06. The highest BCUT2D eigenvalue weighted by molar-refractivity contribution is 6.31. The monoisotopic (exact) mass is 428 g/mol. The second-order valence-electron chi connectivity index (χ2n) is 8.17. The number of carbonyl (C=O) groups is 3. The van der Waals surface area contributed by atoms with Crippen molar-refractivity contribution in [2.45, 2.75) is 51.9 Å². The van der Waals surface area contributed by atoms with Gasteiger partial charge in [-0.3, -0.25) is 14.4 Å². The maximum absolute atomic E-state index is 14.3. The van der Waals surface area contributed by atoms with Gasteiger partial charge in [-0.25, -0.2) is 0 Å². The summed E-state index contributed by atoms with van der Waals surface area (Å²) in [5, 5.41) is 2.05. The summed E-state index contributed by atoms with van der Waals surface area (Å²) in [5.74, 6) is -3.24. The largest absolute Gasteiger partial charge is 0.425 e. The average molecular weight is 429 g/mol. The van der Waals surface area contributed by atoms with Crippen molar-refractivity contribution in [3.63, 3.8) is 0 Å². The van der Waals surface area contributed by atoms with Gasteiger partial charge in [0.05, 0.1) is 12.1 Å². The molecule has 1 aromatic rings. The predicted molar refractivity (Wildman–Crippen MR) is 99.7 cm³/mol. The predicted octanol–water partition coefficient (Wildman–Crippen LogP) is 3.76. The Morgan fingerprint density at radius 3 is 2.38 bits per heavy atom. The fourth-order valence-electron chi connectivity index (χ4n) is 4.05. The lowest BCUT2D eigenvalue weighted by atomic mass is 9.72. The molecule has 1 aromatic carbocycles. The summed E-state index contributed by atoms with van der Waals surface area (Å²) in [7, 11) is 0. The van der Waals surface area contributed by atoms with Crippen molar-refractivity contribution in [2.75, 3.05) is 0 Å². The van der Waals surface area contributed by atoms with Gasteiger partial charge >= 0.3 is 6.18 Å². The lowest BCUT2D eigenvalue weighted by molar-refractivity contribution is -0.194. The van der Waals surface area contributed by atoms with Gasteiger partial charge in [0, 0.05) is 24.1 Å². The van der Waals surface area contributed by atoms with Gasteiger partial charge < -0.3 is 10.2 Å². The zero-order valence-corrected chi connectivity index (χ0v) is 16.9. The number of benzene rings is 1. The van der Waals surface area contributed by atoms with E-state index < -0.39 is 40.3 Å². The molecule has 2 amide bonds. The number of nitrogens with one attached hydrogen (secondary N) is 1. The second kappa shape index (κ2) is 6.86. The molecule has 2 aliphatic rings. The third kappa shape index (κ3) is 3.43. The van der Waals surface area contributed by atoms with Gasteiger partial charge in [0.2, 0.25) is 11.4 Å². The minimum Gasteiger partial charge on any atom is -0.331 e. The maximum atomic E-state index is 14.3. The van der Waals surface area contributed by atoms with Gasteiger partial charge in [-0.2, -0.15) is 13.2 Å². The van der Waals surface area contributed by atoms with Crippen molar-refractivity contribution >= 4 is 29.2 Å². The van der Waals surface area contributed by atoms with Crippen molar-refractivity contribution in [3.05, 3.63) is 46.1 Å². The highest BCUT2D eigenvalue weighted by atomic mass is 35.5. The number of allylic oxidation sites excluding steroid dienone is 1. The first-order valence-electron chi connectivity index (χ1n) is 8.98. The molecule has 1 N–H and O–H groups in total. The first-order valence-corrected chi connectivity index (χ1v) is 9.35. The van der Waals surface area contributed by atoms with Crippen molar-refractivity contribution < 1.29 is 27.6 Å². The number of nitrogens with zero attached hydrogens (tertiary/aromatic N) is 1. The summed E-state index contributed by atoms with van der Waals surface area (Å²) >= 11 is 6.14. The van der Waals surface area contributed by atoms with Crippen LogP contribution in [0.25, 0.3) is 0 Å². The normalized spacial score (nSPS) is 24.0. The minimum atomic E-state index is -5.19. The standard InChI is InChI=1S/C20H20ClF3N2O3/c1-11(27)25-19(20(22,23)24)16-14(8-18(2,3)9-15(16)28)26(17(19)29)10-12-6-4-5-7-13(12)21/h4-7H,8-10H2,1-3H3,(H,25,27). The summed E-state index contributed by atoms with van der Waals surface area (Å²) in [6.07, 6.45) is -5.26. The van der Waals surface area contributed by atoms with E-state index >= 15 is 0 Å². The van der Waals surface area contributed by atoms with E-state index in [0.717, 1.165) is 11.8 Å². The van der Waals surface area contributed by atoms with Crippen LogP contribution in [0, 0.1) is 5.41 Å². The third-order valence-corrected chi connectivity index (χ3v) is 5.56. The fourth-order valence-corrected chi connectivity index (χ4v) is 4.25. The number of carbonyl (C=O) groups excluding carboxylic acids is 3. The van der Waals surface area contributed by atoms with E-state index in [4.69, 9.17) is 11.6 Å². The van der Waals surface area contributed by atoms with E-state index in [1.807, 2.05) is 0 Å². The number of alkyl halides is 3. The van der Waals surface area contributed by atoms with Crippen LogP contribution in [0.2, 0.25) is 5.02 Å². The van der Waals surface area contributed by atoms with Crippen molar-refractivity contribution in [1.29, 1.82) is 0 Å². The van der Waals surface area contributed by atoms with E-state index in [1.54, 1.807) is 43.4 Å². The Bertz CT molecular complexity index is 939. The number of Topliss-reactive ketones (excluding diaryl/α,β-unsaturated/α-hetero) is 1. The molecule has 0 aromatic heterocycles. The van der Waals surface area contributed by atoms with Crippen LogP contribution in [-0.2, 0) is 20.9 Å². The molecular weight excluding hydrogens is 409 g/mol. The van der Waals surface area contributed by atoms with Crippen LogP contribution in [0.3, 0.4) is 0 Å². The van der Waals surface area contributed by atoms with Gasteiger partial charge in [0.15, 0.2) is 5.78 Å². The molecule has 0 saturated heterocycles. The van der Waals surface area contributed by atoms with Crippen LogP contribution in [0.15, 0.2) is 35.5 Å². The zero-order valence-electron chi connectivity index (χ0n) is 16.1. The summed E-state index contributed by atoms with van der Waals surface area (Å²) in [4.78, 5) is 38.7. The molecule has 0 fully saturated rings. The molecule has 0 spiro atoms. The molecule has 1 atom stereocenters.